The Balaban J connectivity index is 1.38. The third-order valence-corrected chi connectivity index (χ3v) is 8.21. The normalized spacial score (nSPS) is 13.7. The maximum Gasteiger partial charge on any atom is 0.309 e. The summed E-state index contributed by atoms with van der Waals surface area (Å²) in [5, 5.41) is 25.0. The zero-order valence-corrected chi connectivity index (χ0v) is 23.5. The molecular formula is C30H32N6O3S. The number of aliphatic carboxylic acids is 1. The molecule has 1 N–H and O–H groups in total. The summed E-state index contributed by atoms with van der Waals surface area (Å²) in [5.41, 5.74) is 7.45. The maximum atomic E-state index is 12.2. The average molecular weight is 557 g/mol. The quantitative estimate of drug-likeness (QED) is 0.220. The van der Waals surface area contributed by atoms with E-state index in [2.05, 4.69) is 61.4 Å². The van der Waals surface area contributed by atoms with Gasteiger partial charge in [-0.15, -0.1) is 21.5 Å². The first-order valence-electron chi connectivity index (χ1n) is 13.5. The van der Waals surface area contributed by atoms with Gasteiger partial charge in [-0.3, -0.25) is 4.79 Å². The highest BCUT2D eigenvalue weighted by Crippen LogP contribution is 2.39. The van der Waals surface area contributed by atoms with Gasteiger partial charge >= 0.3 is 5.97 Å². The van der Waals surface area contributed by atoms with Crippen LogP contribution in [-0.2, 0) is 37.3 Å². The van der Waals surface area contributed by atoms with Gasteiger partial charge in [0.15, 0.2) is 6.33 Å². The predicted octanol–water partition coefficient (Wildman–Crippen LogP) is 5.37. The smallest absolute Gasteiger partial charge is 0.309 e. The molecule has 1 saturated carbocycles. The van der Waals surface area contributed by atoms with Crippen LogP contribution in [0.2, 0.25) is 0 Å². The van der Waals surface area contributed by atoms with Crippen LogP contribution in [-0.4, -0.2) is 40.8 Å². The van der Waals surface area contributed by atoms with Gasteiger partial charge in [-0.1, -0.05) is 24.3 Å². The molecule has 6 rings (SSSR count). The molecule has 0 atom stereocenters. The number of carboxylic acids is 1. The van der Waals surface area contributed by atoms with E-state index in [4.69, 9.17) is 4.74 Å². The molecule has 9 nitrogen and oxygen atoms in total. The Hall–Kier alpha value is -4.05. The van der Waals surface area contributed by atoms with Crippen LogP contribution in [0.1, 0.15) is 54.8 Å². The minimum Gasteiger partial charge on any atom is -0.487 e. The number of fused-ring (bicyclic) bond motifs is 1. The summed E-state index contributed by atoms with van der Waals surface area (Å²) in [6.45, 7) is 5.49. The number of rotatable bonds is 12. The first kappa shape index (κ1) is 26.2. The van der Waals surface area contributed by atoms with Crippen molar-refractivity contribution in [1.29, 1.82) is 0 Å². The fourth-order valence-corrected chi connectivity index (χ4v) is 5.60. The lowest BCUT2D eigenvalue weighted by Crippen LogP contribution is -2.28. The first-order valence-corrected chi connectivity index (χ1v) is 14.5. The van der Waals surface area contributed by atoms with E-state index in [1.54, 1.807) is 16.1 Å². The Kier molecular flexibility index (Phi) is 7.10. The van der Waals surface area contributed by atoms with Crippen molar-refractivity contribution >= 4 is 28.2 Å². The summed E-state index contributed by atoms with van der Waals surface area (Å²) in [6.07, 6.45) is 5.00. The summed E-state index contributed by atoms with van der Waals surface area (Å²) in [6, 6.07) is 14.7. The van der Waals surface area contributed by atoms with Crippen LogP contribution in [0, 0.1) is 11.3 Å². The summed E-state index contributed by atoms with van der Waals surface area (Å²) in [5.74, 6) is 0.621. The van der Waals surface area contributed by atoms with Gasteiger partial charge in [0.05, 0.1) is 28.7 Å². The van der Waals surface area contributed by atoms with E-state index in [1.807, 2.05) is 30.8 Å². The summed E-state index contributed by atoms with van der Waals surface area (Å²) < 4.78 is 8.49. The van der Waals surface area contributed by atoms with Crippen molar-refractivity contribution in [1.82, 2.24) is 29.8 Å². The van der Waals surface area contributed by atoms with E-state index >= 15 is 0 Å². The monoisotopic (exact) mass is 556 g/mol. The molecule has 1 fully saturated rings. The largest absolute Gasteiger partial charge is 0.487 e. The van der Waals surface area contributed by atoms with Crippen LogP contribution >= 0.6 is 11.3 Å². The third-order valence-electron chi connectivity index (χ3n) is 7.57. The molecule has 40 heavy (non-hydrogen) atoms. The standard InChI is InChI=1S/C30H32N6O3S/c1-30(2,29(37)38)13-28-26(11-20-3-5-22(6-4-20)15-36-33-18-32-34-36)25-10-9-24(39-16-23-17-40-19-31-23)12-27(25)35(28)14-21-7-8-21/h3-6,9-10,12,17-19,21H,7-8,11,13-16H2,1-2H3,(H,37,38). The Labute approximate surface area is 236 Å². The zero-order chi connectivity index (χ0) is 27.7. The Morgan fingerprint density at radius 1 is 1.15 bits per heavy atom. The molecule has 3 aromatic heterocycles. The fraction of sp³-hybridized carbons (Fsp3) is 0.367. The van der Waals surface area contributed by atoms with E-state index in [0.717, 1.165) is 40.1 Å². The molecule has 3 heterocycles. The molecule has 1 aliphatic carbocycles. The van der Waals surface area contributed by atoms with Crippen molar-refractivity contribution in [3.8, 4) is 5.75 Å². The molecule has 0 radical (unpaired) electrons. The number of benzene rings is 2. The van der Waals surface area contributed by atoms with Gasteiger partial charge in [0.2, 0.25) is 0 Å². The van der Waals surface area contributed by atoms with Crippen molar-refractivity contribution in [2.45, 2.75) is 59.2 Å². The van der Waals surface area contributed by atoms with Gasteiger partial charge < -0.3 is 14.4 Å². The summed E-state index contributed by atoms with van der Waals surface area (Å²) in [7, 11) is 0. The Bertz CT molecular complexity index is 1600. The molecule has 0 saturated heterocycles. The van der Waals surface area contributed by atoms with Crippen molar-refractivity contribution < 1.29 is 14.6 Å². The highest BCUT2D eigenvalue weighted by molar-refractivity contribution is 7.07. The molecular weight excluding hydrogens is 524 g/mol. The number of thiazole rings is 1. The second-order valence-electron chi connectivity index (χ2n) is 11.3. The highest BCUT2D eigenvalue weighted by atomic mass is 32.1. The fourth-order valence-electron chi connectivity index (χ4n) is 5.06. The number of tetrazole rings is 1. The summed E-state index contributed by atoms with van der Waals surface area (Å²) >= 11 is 1.56. The predicted molar refractivity (Wildman–Crippen MR) is 152 cm³/mol. The van der Waals surface area contributed by atoms with Crippen LogP contribution in [0.15, 0.2) is 59.7 Å². The van der Waals surface area contributed by atoms with E-state index in [0.29, 0.717) is 31.9 Å². The number of ether oxygens (including phenoxy) is 1. The number of hydrogen-bond donors (Lipinski definition) is 1. The number of carboxylic acid groups (broad SMARTS) is 1. The second-order valence-corrected chi connectivity index (χ2v) is 12.0. The number of carbonyl (C=O) groups is 1. The molecule has 0 aliphatic heterocycles. The molecule has 10 heteroatoms. The van der Waals surface area contributed by atoms with Gasteiger partial charge in [0, 0.05) is 35.5 Å². The van der Waals surface area contributed by atoms with Crippen molar-refractivity contribution in [3.63, 3.8) is 0 Å². The van der Waals surface area contributed by atoms with Gasteiger partial charge in [0.1, 0.15) is 12.4 Å². The van der Waals surface area contributed by atoms with E-state index < -0.39 is 11.4 Å². The number of aromatic nitrogens is 6. The van der Waals surface area contributed by atoms with Crippen LogP contribution in [0.3, 0.4) is 0 Å². The van der Waals surface area contributed by atoms with E-state index in [-0.39, 0.29) is 0 Å². The van der Waals surface area contributed by atoms with Crippen LogP contribution in [0.4, 0.5) is 0 Å². The Morgan fingerprint density at radius 2 is 1.95 bits per heavy atom. The van der Waals surface area contributed by atoms with E-state index in [1.165, 1.54) is 30.3 Å². The highest BCUT2D eigenvalue weighted by Gasteiger charge is 2.33. The molecule has 0 spiro atoms. The van der Waals surface area contributed by atoms with Crippen LogP contribution in [0.5, 0.6) is 5.75 Å². The summed E-state index contributed by atoms with van der Waals surface area (Å²) in [4.78, 5) is 18.1. The van der Waals surface area contributed by atoms with Crippen LogP contribution in [0.25, 0.3) is 10.9 Å². The molecule has 0 unspecified atom stereocenters. The third kappa shape index (κ3) is 5.77. The minimum absolute atomic E-state index is 0.417. The lowest BCUT2D eigenvalue weighted by atomic mass is 9.85. The number of hydrogen-bond acceptors (Lipinski definition) is 7. The molecule has 5 aromatic rings. The van der Waals surface area contributed by atoms with Gasteiger partial charge in [-0.25, -0.2) is 4.98 Å². The van der Waals surface area contributed by atoms with Crippen molar-refractivity contribution in [2.75, 3.05) is 0 Å². The number of nitrogens with zero attached hydrogens (tertiary/aromatic N) is 6. The zero-order valence-electron chi connectivity index (χ0n) is 22.7. The minimum atomic E-state index is -0.900. The average Bonchev–Trinajstić information content (AvgIpc) is 3.27. The molecule has 2 aromatic carbocycles. The molecule has 0 bridgehead atoms. The first-order chi connectivity index (χ1) is 19.4. The topological polar surface area (TPSA) is 108 Å². The molecule has 1 aliphatic rings. The van der Waals surface area contributed by atoms with Gasteiger partial charge in [0.25, 0.3) is 0 Å². The SMILES string of the molecule is CC(C)(Cc1c(Cc2ccc(Cn3ncnn3)cc2)c2ccc(OCc3cscn3)cc2n1CC1CC1)C(=O)O. The lowest BCUT2D eigenvalue weighted by molar-refractivity contribution is -0.146. The van der Waals surface area contributed by atoms with Gasteiger partial charge in [-0.2, -0.15) is 4.80 Å². The van der Waals surface area contributed by atoms with Crippen molar-refractivity contribution in [3.05, 3.63) is 87.8 Å². The van der Waals surface area contributed by atoms with Gasteiger partial charge in [-0.05, 0) is 73.1 Å². The molecule has 206 valence electrons. The molecule has 0 amide bonds. The van der Waals surface area contributed by atoms with Crippen LogP contribution < -0.4 is 4.74 Å². The Morgan fingerprint density at radius 3 is 2.62 bits per heavy atom. The second kappa shape index (κ2) is 10.8. The maximum absolute atomic E-state index is 12.2. The van der Waals surface area contributed by atoms with Crippen molar-refractivity contribution in [2.24, 2.45) is 11.3 Å². The lowest BCUT2D eigenvalue weighted by Gasteiger charge is -2.22. The van der Waals surface area contributed by atoms with E-state index in [9.17, 15) is 9.90 Å².